The van der Waals surface area contributed by atoms with Crippen molar-refractivity contribution in [2.45, 2.75) is 75.5 Å². The van der Waals surface area contributed by atoms with Crippen molar-refractivity contribution in [2.24, 2.45) is 5.92 Å². The molecule has 0 aromatic rings. The van der Waals surface area contributed by atoms with Crippen molar-refractivity contribution in [1.82, 2.24) is 4.90 Å². The molecule has 2 saturated heterocycles. The Bertz CT molecular complexity index is 688. The van der Waals surface area contributed by atoms with E-state index in [1.807, 2.05) is 0 Å². The van der Waals surface area contributed by atoms with E-state index in [1.54, 1.807) is 6.08 Å². The Morgan fingerprint density at radius 2 is 2.04 bits per heavy atom. The Kier molecular flexibility index (Phi) is 3.38. The van der Waals surface area contributed by atoms with Crippen LogP contribution in [0, 0.1) is 17.8 Å². The van der Waals surface area contributed by atoms with Gasteiger partial charge in [-0.15, -0.1) is 0 Å². The number of carbonyl (C=O) groups excluding carboxylic acids is 1. The first kappa shape index (κ1) is 14.8. The molecule has 3 atom stereocenters. The number of hydrogen-bond donors (Lipinski definition) is 0. The van der Waals surface area contributed by atoms with Crippen LogP contribution in [0.1, 0.15) is 57.8 Å². The summed E-state index contributed by atoms with van der Waals surface area (Å²) in [6.45, 7) is 1.13. The van der Waals surface area contributed by atoms with E-state index in [0.717, 1.165) is 42.9 Å². The standard InChI is InChI=1S/C21H25NO2/c23-20-13-18-16(9-5-8-15-6-1-2-7-15)12-17-14-21(18,24-20)19-10-3-4-11-22(17)19/h12-13,15,17,19H,1-4,6-8,10-11,14H2. The van der Waals surface area contributed by atoms with Crippen LogP contribution in [-0.2, 0) is 9.53 Å². The number of ether oxygens (including phenoxy) is 1. The molecule has 3 heterocycles. The molecule has 2 aliphatic carbocycles. The quantitative estimate of drug-likeness (QED) is 0.547. The fourth-order valence-electron chi connectivity index (χ4n) is 5.68. The lowest BCUT2D eigenvalue weighted by atomic mass is 9.77. The second-order valence-electron chi connectivity index (χ2n) is 8.13. The molecule has 2 bridgehead atoms. The number of hydrogen-bond acceptors (Lipinski definition) is 3. The number of rotatable bonds is 1. The van der Waals surface area contributed by atoms with Crippen LogP contribution >= 0.6 is 0 Å². The molecule has 3 aliphatic heterocycles. The molecule has 126 valence electrons. The van der Waals surface area contributed by atoms with Gasteiger partial charge in [-0.3, -0.25) is 4.90 Å². The number of esters is 1. The predicted molar refractivity (Wildman–Crippen MR) is 92.1 cm³/mol. The second-order valence-corrected chi connectivity index (χ2v) is 8.13. The highest BCUT2D eigenvalue weighted by Gasteiger charge is 2.61. The molecule has 1 spiro atoms. The van der Waals surface area contributed by atoms with Gasteiger partial charge in [-0.2, -0.15) is 0 Å². The summed E-state index contributed by atoms with van der Waals surface area (Å²) in [6.07, 6.45) is 15.0. The van der Waals surface area contributed by atoms with E-state index >= 15 is 0 Å². The Morgan fingerprint density at radius 1 is 1.21 bits per heavy atom. The van der Waals surface area contributed by atoms with Crippen LogP contribution in [0.2, 0.25) is 0 Å². The molecule has 0 N–H and O–H groups in total. The number of fused-ring (bicyclic) bond motifs is 3. The first-order valence-corrected chi connectivity index (χ1v) is 9.68. The van der Waals surface area contributed by atoms with Crippen LogP contribution in [0.15, 0.2) is 23.3 Å². The fourth-order valence-corrected chi connectivity index (χ4v) is 5.68. The molecule has 5 rings (SSSR count). The minimum atomic E-state index is -0.395. The molecule has 0 amide bonds. The zero-order valence-corrected chi connectivity index (χ0v) is 14.2. The summed E-state index contributed by atoms with van der Waals surface area (Å²) >= 11 is 0. The lowest BCUT2D eigenvalue weighted by Gasteiger charge is -2.38. The summed E-state index contributed by atoms with van der Waals surface area (Å²) in [5.74, 6) is 7.48. The number of carbonyl (C=O) groups is 1. The van der Waals surface area contributed by atoms with Gasteiger partial charge in [0.05, 0.1) is 6.04 Å². The van der Waals surface area contributed by atoms with E-state index in [0.29, 0.717) is 12.1 Å². The van der Waals surface area contributed by atoms with E-state index in [1.165, 1.54) is 38.5 Å². The molecule has 5 aliphatic rings. The average Bonchev–Trinajstić information content (AvgIpc) is 3.27. The smallest absolute Gasteiger partial charge is 0.332 e. The highest BCUT2D eigenvalue weighted by atomic mass is 16.6. The first-order chi connectivity index (χ1) is 11.8. The molecule has 0 aromatic carbocycles. The van der Waals surface area contributed by atoms with Gasteiger partial charge in [0.2, 0.25) is 0 Å². The summed E-state index contributed by atoms with van der Waals surface area (Å²) in [7, 11) is 0. The molecule has 3 heteroatoms. The van der Waals surface area contributed by atoms with Crippen LogP contribution in [-0.4, -0.2) is 35.1 Å². The van der Waals surface area contributed by atoms with Crippen LogP contribution in [0.3, 0.4) is 0 Å². The first-order valence-electron chi connectivity index (χ1n) is 9.68. The van der Waals surface area contributed by atoms with Gasteiger partial charge < -0.3 is 4.74 Å². The minimum absolute atomic E-state index is 0.165. The molecule has 3 unspecified atom stereocenters. The van der Waals surface area contributed by atoms with E-state index in [2.05, 4.69) is 22.8 Å². The Labute approximate surface area is 144 Å². The molecule has 1 saturated carbocycles. The largest absolute Gasteiger partial charge is 0.449 e. The maximum atomic E-state index is 12.1. The topological polar surface area (TPSA) is 29.5 Å². The summed E-state index contributed by atoms with van der Waals surface area (Å²) in [4.78, 5) is 14.7. The molecular weight excluding hydrogens is 298 g/mol. The highest BCUT2D eigenvalue weighted by molar-refractivity contribution is 5.90. The normalized spacial score (nSPS) is 37.9. The van der Waals surface area contributed by atoms with Gasteiger partial charge in [-0.05, 0) is 38.1 Å². The Hall–Kier alpha value is -1.53. The lowest BCUT2D eigenvalue weighted by molar-refractivity contribution is -0.148. The van der Waals surface area contributed by atoms with Crippen LogP contribution in [0.25, 0.3) is 0 Å². The number of piperidine rings is 1. The molecular formula is C21H25NO2. The zero-order valence-electron chi connectivity index (χ0n) is 14.2. The SMILES string of the molecule is O=C1C=C2C(C#CCC3CCCC3)=CC3CC2(O1)C1CCCCN31. The molecule has 3 fully saturated rings. The van der Waals surface area contributed by atoms with Crippen molar-refractivity contribution in [2.75, 3.05) is 6.54 Å². The Balaban J connectivity index is 1.46. The van der Waals surface area contributed by atoms with Crippen molar-refractivity contribution in [3.8, 4) is 11.8 Å². The molecule has 0 radical (unpaired) electrons. The summed E-state index contributed by atoms with van der Waals surface area (Å²) in [5, 5.41) is 0. The van der Waals surface area contributed by atoms with Crippen LogP contribution < -0.4 is 0 Å². The second kappa shape index (κ2) is 5.49. The maximum absolute atomic E-state index is 12.1. The van der Waals surface area contributed by atoms with Gasteiger partial charge in [-0.25, -0.2) is 4.79 Å². The highest BCUT2D eigenvalue weighted by Crippen LogP contribution is 2.53. The molecule has 24 heavy (non-hydrogen) atoms. The molecule has 3 nitrogen and oxygen atoms in total. The summed E-state index contributed by atoms with van der Waals surface area (Å²) < 4.78 is 5.94. The molecule has 0 aromatic heterocycles. The zero-order chi connectivity index (χ0) is 16.1. The van der Waals surface area contributed by atoms with E-state index < -0.39 is 5.60 Å². The third-order valence-electron chi connectivity index (χ3n) is 6.76. The van der Waals surface area contributed by atoms with Crippen LogP contribution in [0.4, 0.5) is 0 Å². The van der Waals surface area contributed by atoms with Gasteiger partial charge in [0.1, 0.15) is 0 Å². The monoisotopic (exact) mass is 323 g/mol. The maximum Gasteiger partial charge on any atom is 0.332 e. The third kappa shape index (κ3) is 2.12. The van der Waals surface area contributed by atoms with Gasteiger partial charge >= 0.3 is 5.97 Å². The van der Waals surface area contributed by atoms with Crippen molar-refractivity contribution < 1.29 is 9.53 Å². The minimum Gasteiger partial charge on any atom is -0.449 e. The van der Waals surface area contributed by atoms with Crippen molar-refractivity contribution in [3.05, 3.63) is 23.3 Å². The van der Waals surface area contributed by atoms with E-state index in [9.17, 15) is 4.79 Å². The number of nitrogens with zero attached hydrogens (tertiary/aromatic N) is 1. The average molecular weight is 323 g/mol. The lowest BCUT2D eigenvalue weighted by Crippen LogP contribution is -2.48. The Morgan fingerprint density at radius 3 is 2.92 bits per heavy atom. The van der Waals surface area contributed by atoms with Gasteiger partial charge in [-0.1, -0.05) is 37.2 Å². The van der Waals surface area contributed by atoms with E-state index in [-0.39, 0.29) is 5.97 Å². The predicted octanol–water partition coefficient (Wildman–Crippen LogP) is 3.36. The van der Waals surface area contributed by atoms with E-state index in [4.69, 9.17) is 4.74 Å². The fraction of sp³-hybridized carbons (Fsp3) is 0.667. The summed E-state index contributed by atoms with van der Waals surface area (Å²) in [6, 6.07) is 0.758. The van der Waals surface area contributed by atoms with Crippen molar-refractivity contribution in [1.29, 1.82) is 0 Å². The third-order valence-corrected chi connectivity index (χ3v) is 6.76. The summed E-state index contributed by atoms with van der Waals surface area (Å²) in [5.41, 5.74) is 1.76. The van der Waals surface area contributed by atoms with Crippen molar-refractivity contribution >= 4 is 5.97 Å². The van der Waals surface area contributed by atoms with Gasteiger partial charge in [0.15, 0.2) is 5.60 Å². The van der Waals surface area contributed by atoms with Crippen molar-refractivity contribution in [3.63, 3.8) is 0 Å². The van der Waals surface area contributed by atoms with Gasteiger partial charge in [0.25, 0.3) is 0 Å². The van der Waals surface area contributed by atoms with Gasteiger partial charge in [0, 0.05) is 36.1 Å². The van der Waals surface area contributed by atoms with Crippen LogP contribution in [0.5, 0.6) is 0 Å².